The number of fused-ring (bicyclic) bond motifs is 1. The molecule has 1 N–H and O–H groups in total. The van der Waals surface area contributed by atoms with Gasteiger partial charge in [0.05, 0.1) is 5.03 Å². The quantitative estimate of drug-likeness (QED) is 0.621. The van der Waals surface area contributed by atoms with Gasteiger partial charge in [0.2, 0.25) is 5.91 Å². The second-order valence-corrected chi connectivity index (χ2v) is 3.30. The molecule has 6 heteroatoms. The first-order valence-corrected chi connectivity index (χ1v) is 4.37. The maximum Gasteiger partial charge on any atom is 0.222 e. The highest BCUT2D eigenvalue weighted by molar-refractivity contribution is 6.36. The van der Waals surface area contributed by atoms with Gasteiger partial charge in [0.1, 0.15) is 18.2 Å². The lowest BCUT2D eigenvalue weighted by Gasteiger charge is -2.13. The van der Waals surface area contributed by atoms with E-state index in [2.05, 4.69) is 20.3 Å². The van der Waals surface area contributed by atoms with E-state index in [-0.39, 0.29) is 11.9 Å². The van der Waals surface area contributed by atoms with Gasteiger partial charge in [-0.2, -0.15) is 0 Å². The zero-order chi connectivity index (χ0) is 10.1. The van der Waals surface area contributed by atoms with E-state index in [9.17, 15) is 4.79 Å². The first-order chi connectivity index (χ1) is 6.66. The van der Waals surface area contributed by atoms with Gasteiger partial charge in [0.25, 0.3) is 0 Å². The average molecular weight is 211 g/mol. The third-order valence-corrected chi connectivity index (χ3v) is 2.04. The summed E-state index contributed by atoms with van der Waals surface area (Å²) in [6.07, 6.45) is 2.99. The predicted octanol–water partition coefficient (Wildman–Crippen LogP) is 0.466. The number of aliphatic imine (C=N–C) groups is 3. The van der Waals surface area contributed by atoms with Crippen LogP contribution in [0.5, 0.6) is 0 Å². The average Bonchev–Trinajstić information content (AvgIpc) is 2.50. The fraction of sp³-hybridized carbons (Fsp3) is 0.250. The van der Waals surface area contributed by atoms with E-state index in [1.165, 1.54) is 13.3 Å². The summed E-state index contributed by atoms with van der Waals surface area (Å²) >= 11 is 5.93. The van der Waals surface area contributed by atoms with Crippen LogP contribution in [0.3, 0.4) is 0 Å². The number of hydrogen-bond acceptors (Lipinski definition) is 4. The van der Waals surface area contributed by atoms with Crippen LogP contribution in [-0.2, 0) is 4.79 Å². The minimum atomic E-state index is -0.283. The maximum absolute atomic E-state index is 10.8. The monoisotopic (exact) mass is 210 g/mol. The highest BCUT2D eigenvalue weighted by atomic mass is 35.5. The summed E-state index contributed by atoms with van der Waals surface area (Å²) in [6, 6.07) is -0.283. The molecule has 1 amide bonds. The van der Waals surface area contributed by atoms with Gasteiger partial charge in [0.15, 0.2) is 5.84 Å². The minimum absolute atomic E-state index is 0.192. The van der Waals surface area contributed by atoms with Crippen molar-refractivity contribution in [1.29, 1.82) is 0 Å². The Hall–Kier alpha value is -1.49. The molecule has 2 heterocycles. The summed E-state index contributed by atoms with van der Waals surface area (Å²) in [5.74, 6) is 0.728. The molecule has 14 heavy (non-hydrogen) atoms. The van der Waals surface area contributed by atoms with Crippen LogP contribution in [0.25, 0.3) is 0 Å². The van der Waals surface area contributed by atoms with E-state index in [4.69, 9.17) is 11.6 Å². The summed E-state index contributed by atoms with van der Waals surface area (Å²) in [7, 11) is 0. The molecule has 5 nitrogen and oxygen atoms in total. The van der Waals surface area contributed by atoms with Crippen molar-refractivity contribution in [3.05, 3.63) is 11.1 Å². The molecule has 0 aliphatic carbocycles. The first-order valence-electron chi connectivity index (χ1n) is 3.99. The Morgan fingerprint density at radius 2 is 2.43 bits per heavy atom. The van der Waals surface area contributed by atoms with Crippen molar-refractivity contribution in [2.75, 3.05) is 0 Å². The van der Waals surface area contributed by atoms with Gasteiger partial charge in [-0.15, -0.1) is 0 Å². The first kappa shape index (κ1) is 9.08. The second-order valence-electron chi connectivity index (χ2n) is 2.86. The van der Waals surface area contributed by atoms with Crippen molar-refractivity contribution >= 4 is 35.5 Å². The Labute approximate surface area is 85.3 Å². The fourth-order valence-corrected chi connectivity index (χ4v) is 1.45. The minimum Gasteiger partial charge on any atom is -0.311 e. The maximum atomic E-state index is 10.8. The van der Waals surface area contributed by atoms with E-state index in [0.29, 0.717) is 16.7 Å². The van der Waals surface area contributed by atoms with Crippen molar-refractivity contribution in [3.8, 4) is 0 Å². The fourth-order valence-electron chi connectivity index (χ4n) is 1.19. The summed E-state index contributed by atoms with van der Waals surface area (Å²) in [6.45, 7) is 1.41. The summed E-state index contributed by atoms with van der Waals surface area (Å²) in [5.41, 5.74) is 0. The standard InChI is InChI=1S/C8H7ClN4O/c1-4(14)12-6-2-5(9)7-8(13-6)11-3-10-7/h2-3,7H,1H3,(H,10,11,12,13,14). The third kappa shape index (κ3) is 1.58. The molecule has 0 saturated carbocycles. The molecule has 2 aliphatic rings. The number of carbonyl (C=O) groups is 1. The van der Waals surface area contributed by atoms with Gasteiger partial charge in [0, 0.05) is 6.92 Å². The van der Waals surface area contributed by atoms with E-state index in [0.717, 1.165) is 0 Å². The molecule has 0 bridgehead atoms. The van der Waals surface area contributed by atoms with Crippen LogP contribution in [-0.4, -0.2) is 30.0 Å². The number of rotatable bonds is 0. The highest BCUT2D eigenvalue weighted by Gasteiger charge is 2.25. The molecule has 2 rings (SSSR count). The Bertz CT molecular complexity index is 408. The number of amides is 1. The lowest BCUT2D eigenvalue weighted by Crippen LogP contribution is -2.32. The summed E-state index contributed by atoms with van der Waals surface area (Å²) < 4.78 is 0. The number of nitrogens with one attached hydrogen (secondary N) is 1. The second kappa shape index (κ2) is 3.34. The highest BCUT2D eigenvalue weighted by Crippen LogP contribution is 2.20. The zero-order valence-corrected chi connectivity index (χ0v) is 8.12. The molecule has 72 valence electrons. The molecule has 0 aromatic carbocycles. The Morgan fingerprint density at radius 3 is 3.14 bits per heavy atom. The van der Waals surface area contributed by atoms with Crippen molar-refractivity contribution in [2.24, 2.45) is 15.0 Å². The molecule has 2 aliphatic heterocycles. The van der Waals surface area contributed by atoms with Crippen LogP contribution < -0.4 is 5.32 Å². The Morgan fingerprint density at radius 1 is 1.64 bits per heavy atom. The Kier molecular flexibility index (Phi) is 2.17. The molecule has 0 aromatic heterocycles. The third-order valence-electron chi connectivity index (χ3n) is 1.73. The van der Waals surface area contributed by atoms with Gasteiger partial charge >= 0.3 is 0 Å². The number of amidine groups is 2. The largest absolute Gasteiger partial charge is 0.311 e. The van der Waals surface area contributed by atoms with Crippen molar-refractivity contribution < 1.29 is 4.79 Å². The number of halogens is 1. The molecule has 0 spiro atoms. The summed E-state index contributed by atoms with van der Waals surface area (Å²) in [5, 5.41) is 3.05. The lowest BCUT2D eigenvalue weighted by atomic mass is 10.2. The number of nitrogens with zero attached hydrogens (tertiary/aromatic N) is 3. The van der Waals surface area contributed by atoms with E-state index in [1.807, 2.05) is 0 Å². The van der Waals surface area contributed by atoms with Crippen molar-refractivity contribution in [2.45, 2.75) is 13.0 Å². The van der Waals surface area contributed by atoms with Gasteiger partial charge in [-0.1, -0.05) is 11.6 Å². The lowest BCUT2D eigenvalue weighted by molar-refractivity contribution is -0.117. The van der Waals surface area contributed by atoms with Crippen LogP contribution in [0.1, 0.15) is 6.92 Å². The smallest absolute Gasteiger partial charge is 0.222 e. The van der Waals surface area contributed by atoms with E-state index >= 15 is 0 Å². The molecule has 1 atom stereocenters. The number of carbonyl (C=O) groups excluding carboxylic acids is 1. The van der Waals surface area contributed by atoms with E-state index in [1.54, 1.807) is 6.08 Å². The molecule has 0 saturated heterocycles. The van der Waals surface area contributed by atoms with Crippen molar-refractivity contribution in [3.63, 3.8) is 0 Å². The van der Waals surface area contributed by atoms with Crippen LogP contribution in [0.4, 0.5) is 0 Å². The van der Waals surface area contributed by atoms with Crippen molar-refractivity contribution in [1.82, 2.24) is 5.32 Å². The zero-order valence-electron chi connectivity index (χ0n) is 7.36. The molecular weight excluding hydrogens is 204 g/mol. The van der Waals surface area contributed by atoms with E-state index < -0.39 is 0 Å². The van der Waals surface area contributed by atoms with Gasteiger partial charge < -0.3 is 5.32 Å². The van der Waals surface area contributed by atoms with Crippen LogP contribution in [0, 0.1) is 0 Å². The van der Waals surface area contributed by atoms with Crippen LogP contribution >= 0.6 is 11.6 Å². The topological polar surface area (TPSA) is 66.2 Å². The molecule has 0 aromatic rings. The summed E-state index contributed by atoms with van der Waals surface area (Å²) in [4.78, 5) is 22.8. The SMILES string of the molecule is CC(=O)NC1=NC2=NC=NC2C(Cl)=C1. The predicted molar refractivity (Wildman–Crippen MR) is 54.9 cm³/mol. The Balaban J connectivity index is 2.26. The molecule has 0 radical (unpaired) electrons. The van der Waals surface area contributed by atoms with Gasteiger partial charge in [-0.25, -0.2) is 9.98 Å². The molecular formula is C8H7ClN4O. The number of dihydropyridines is 1. The number of hydrogen-bond donors (Lipinski definition) is 1. The van der Waals surface area contributed by atoms with Gasteiger partial charge in [-0.3, -0.25) is 9.79 Å². The normalized spacial score (nSPS) is 23.6. The van der Waals surface area contributed by atoms with Crippen LogP contribution in [0.2, 0.25) is 0 Å². The van der Waals surface area contributed by atoms with Crippen LogP contribution in [0.15, 0.2) is 26.1 Å². The molecule has 1 unspecified atom stereocenters. The van der Waals surface area contributed by atoms with Gasteiger partial charge in [-0.05, 0) is 6.08 Å². The molecule has 0 fully saturated rings.